The first-order chi connectivity index (χ1) is 7.41. The summed E-state index contributed by atoms with van der Waals surface area (Å²) in [4.78, 5) is 0. The summed E-state index contributed by atoms with van der Waals surface area (Å²) in [6, 6.07) is 4.37. The Morgan fingerprint density at radius 3 is 2.31 bits per heavy atom. The molecule has 1 rings (SSSR count). The van der Waals surface area contributed by atoms with Crippen molar-refractivity contribution in [2.45, 2.75) is 39.7 Å². The number of aryl methyl sites for hydroxylation is 2. The zero-order chi connectivity index (χ0) is 12.3. The Kier molecular flexibility index (Phi) is 3.93. The average Bonchev–Trinajstić information content (AvgIpc) is 2.24. The van der Waals surface area contributed by atoms with E-state index in [9.17, 15) is 0 Å². The van der Waals surface area contributed by atoms with Crippen molar-refractivity contribution in [1.29, 1.82) is 0 Å². The smallest absolute Gasteiger partial charge is 0.0162 e. The fourth-order valence-electron chi connectivity index (χ4n) is 1.94. The van der Waals surface area contributed by atoms with Gasteiger partial charge in [-0.25, -0.2) is 0 Å². The third-order valence-electron chi connectivity index (χ3n) is 3.31. The van der Waals surface area contributed by atoms with Gasteiger partial charge in [0, 0.05) is 5.54 Å². The Bertz CT molecular complexity index is 389. The first kappa shape index (κ1) is 13.0. The molecule has 0 aromatic heterocycles. The Balaban J connectivity index is 3.21. The maximum atomic E-state index is 3.93. The molecule has 0 aliphatic carbocycles. The van der Waals surface area contributed by atoms with E-state index in [0.717, 1.165) is 6.42 Å². The van der Waals surface area contributed by atoms with Crippen molar-refractivity contribution >= 4 is 6.08 Å². The van der Waals surface area contributed by atoms with Crippen LogP contribution in [0.2, 0.25) is 0 Å². The van der Waals surface area contributed by atoms with Crippen LogP contribution in [-0.4, -0.2) is 12.6 Å². The SMILES string of the molecule is C=Cc1c(C)ccc(C)c1CC(C)(C)NC. The standard InChI is InChI=1S/C15H23N/c1-7-13-11(2)8-9-12(3)14(13)10-15(4,5)16-6/h7-9,16H,1,10H2,2-6H3. The van der Waals surface area contributed by atoms with Crippen LogP contribution in [-0.2, 0) is 6.42 Å². The Morgan fingerprint density at radius 1 is 1.25 bits per heavy atom. The second-order valence-electron chi connectivity index (χ2n) is 5.11. The van der Waals surface area contributed by atoms with Crippen LogP contribution in [0.4, 0.5) is 0 Å². The summed E-state index contributed by atoms with van der Waals surface area (Å²) in [5.74, 6) is 0. The van der Waals surface area contributed by atoms with Gasteiger partial charge < -0.3 is 5.32 Å². The van der Waals surface area contributed by atoms with Crippen molar-refractivity contribution in [3.8, 4) is 0 Å². The van der Waals surface area contributed by atoms with Gasteiger partial charge in [0.2, 0.25) is 0 Å². The third-order valence-corrected chi connectivity index (χ3v) is 3.31. The highest BCUT2D eigenvalue weighted by molar-refractivity contribution is 5.58. The summed E-state index contributed by atoms with van der Waals surface area (Å²) >= 11 is 0. The van der Waals surface area contributed by atoms with Gasteiger partial charge in [-0.1, -0.05) is 24.8 Å². The van der Waals surface area contributed by atoms with E-state index >= 15 is 0 Å². The lowest BCUT2D eigenvalue weighted by atomic mass is 9.87. The molecule has 0 bridgehead atoms. The summed E-state index contributed by atoms with van der Waals surface area (Å²) in [5, 5.41) is 3.35. The number of rotatable bonds is 4. The summed E-state index contributed by atoms with van der Waals surface area (Å²) in [6.07, 6.45) is 3.00. The molecule has 16 heavy (non-hydrogen) atoms. The van der Waals surface area contributed by atoms with E-state index in [0.29, 0.717) is 0 Å². The number of hydrogen-bond donors (Lipinski definition) is 1. The van der Waals surface area contributed by atoms with Gasteiger partial charge in [0.25, 0.3) is 0 Å². The first-order valence-electron chi connectivity index (χ1n) is 5.81. The van der Waals surface area contributed by atoms with Gasteiger partial charge >= 0.3 is 0 Å². The van der Waals surface area contributed by atoms with Crippen LogP contribution in [0.1, 0.15) is 36.1 Å². The second kappa shape index (κ2) is 4.84. The van der Waals surface area contributed by atoms with Gasteiger partial charge in [-0.05, 0) is 63.4 Å². The maximum absolute atomic E-state index is 3.93. The van der Waals surface area contributed by atoms with E-state index in [-0.39, 0.29) is 5.54 Å². The topological polar surface area (TPSA) is 12.0 Å². The Labute approximate surface area is 99.6 Å². The van der Waals surface area contributed by atoms with E-state index in [4.69, 9.17) is 0 Å². The predicted octanol–water partition coefficient (Wildman–Crippen LogP) is 3.49. The number of likely N-dealkylation sites (N-methyl/N-ethyl adjacent to an activating group) is 1. The number of benzene rings is 1. The van der Waals surface area contributed by atoms with Gasteiger partial charge in [0.15, 0.2) is 0 Å². The molecule has 0 heterocycles. The van der Waals surface area contributed by atoms with Crippen molar-refractivity contribution in [2.24, 2.45) is 0 Å². The molecule has 0 unspecified atom stereocenters. The molecule has 1 aromatic rings. The minimum Gasteiger partial charge on any atom is -0.314 e. The highest BCUT2D eigenvalue weighted by Gasteiger charge is 2.18. The highest BCUT2D eigenvalue weighted by Crippen LogP contribution is 2.24. The van der Waals surface area contributed by atoms with E-state index < -0.39 is 0 Å². The molecule has 88 valence electrons. The Morgan fingerprint density at radius 2 is 1.81 bits per heavy atom. The molecule has 1 N–H and O–H groups in total. The lowest BCUT2D eigenvalue weighted by Gasteiger charge is -2.26. The van der Waals surface area contributed by atoms with Crippen LogP contribution in [0.5, 0.6) is 0 Å². The molecular formula is C15H23N. The van der Waals surface area contributed by atoms with E-state index in [1.54, 1.807) is 0 Å². The van der Waals surface area contributed by atoms with E-state index in [1.807, 2.05) is 13.1 Å². The van der Waals surface area contributed by atoms with Gasteiger partial charge in [-0.2, -0.15) is 0 Å². The predicted molar refractivity (Wildman–Crippen MR) is 72.8 cm³/mol. The van der Waals surface area contributed by atoms with Crippen molar-refractivity contribution in [3.63, 3.8) is 0 Å². The van der Waals surface area contributed by atoms with Gasteiger partial charge in [0.05, 0.1) is 0 Å². The third kappa shape index (κ3) is 2.73. The maximum Gasteiger partial charge on any atom is 0.0162 e. The van der Waals surface area contributed by atoms with Gasteiger partial charge in [-0.3, -0.25) is 0 Å². The molecule has 1 nitrogen and oxygen atoms in total. The molecule has 0 radical (unpaired) electrons. The summed E-state index contributed by atoms with van der Waals surface area (Å²) in [5.41, 5.74) is 5.49. The van der Waals surface area contributed by atoms with Crippen LogP contribution in [0.15, 0.2) is 18.7 Å². The van der Waals surface area contributed by atoms with Gasteiger partial charge in [-0.15, -0.1) is 0 Å². The van der Waals surface area contributed by atoms with Crippen LogP contribution < -0.4 is 5.32 Å². The monoisotopic (exact) mass is 217 g/mol. The lowest BCUT2D eigenvalue weighted by molar-refractivity contribution is 0.421. The first-order valence-corrected chi connectivity index (χ1v) is 5.81. The summed E-state index contributed by atoms with van der Waals surface area (Å²) < 4.78 is 0. The van der Waals surface area contributed by atoms with Crippen LogP contribution in [0.3, 0.4) is 0 Å². The molecule has 0 atom stereocenters. The average molecular weight is 217 g/mol. The van der Waals surface area contributed by atoms with Crippen molar-refractivity contribution < 1.29 is 0 Å². The molecule has 0 aliphatic rings. The molecule has 1 heteroatoms. The molecule has 0 fully saturated rings. The number of nitrogens with one attached hydrogen (secondary N) is 1. The zero-order valence-corrected chi connectivity index (χ0v) is 11.1. The molecule has 0 saturated carbocycles. The molecule has 0 spiro atoms. The van der Waals surface area contributed by atoms with Crippen molar-refractivity contribution in [2.75, 3.05) is 7.05 Å². The molecule has 0 aliphatic heterocycles. The fourth-order valence-corrected chi connectivity index (χ4v) is 1.94. The minimum absolute atomic E-state index is 0.121. The highest BCUT2D eigenvalue weighted by atomic mass is 14.9. The normalized spacial score (nSPS) is 11.6. The van der Waals surface area contributed by atoms with E-state index in [1.165, 1.54) is 22.3 Å². The van der Waals surface area contributed by atoms with Crippen LogP contribution in [0, 0.1) is 13.8 Å². The summed E-state index contributed by atoms with van der Waals surface area (Å²) in [7, 11) is 2.01. The van der Waals surface area contributed by atoms with Crippen molar-refractivity contribution in [3.05, 3.63) is 41.0 Å². The van der Waals surface area contributed by atoms with Crippen LogP contribution >= 0.6 is 0 Å². The van der Waals surface area contributed by atoms with Gasteiger partial charge in [0.1, 0.15) is 0 Å². The van der Waals surface area contributed by atoms with E-state index in [2.05, 4.69) is 51.7 Å². The molecular weight excluding hydrogens is 194 g/mol. The second-order valence-corrected chi connectivity index (χ2v) is 5.11. The van der Waals surface area contributed by atoms with Crippen molar-refractivity contribution in [1.82, 2.24) is 5.32 Å². The molecule has 1 aromatic carbocycles. The lowest BCUT2D eigenvalue weighted by Crippen LogP contribution is -2.38. The Hall–Kier alpha value is -1.08. The minimum atomic E-state index is 0.121. The fraction of sp³-hybridized carbons (Fsp3) is 0.467. The largest absolute Gasteiger partial charge is 0.314 e. The molecule has 0 saturated heterocycles. The van der Waals surface area contributed by atoms with Crippen LogP contribution in [0.25, 0.3) is 6.08 Å². The summed E-state index contributed by atoms with van der Waals surface area (Å²) in [6.45, 7) is 12.7. The quantitative estimate of drug-likeness (QED) is 0.814. The number of hydrogen-bond acceptors (Lipinski definition) is 1. The zero-order valence-electron chi connectivity index (χ0n) is 11.1. The molecule has 0 amide bonds.